The molecule has 3 aliphatic heterocycles. The Morgan fingerprint density at radius 1 is 1.00 bits per heavy atom. The molecule has 1 atom stereocenters. The standard InChI is InChI=1S/C32H43N3O4/c1-25-30(36)33-24-32(14-5-4-10-26-9-2-3-13-29(26)39-25)15-19-35(20-16-32)31(37)27-11-8-12-28(23-27)38-22-21-34-17-6-7-18-34/h2-3,8-9,11-13,23,25H,4-7,10,14-22,24H2,1H3,(H,33,36)/t25-/m1/s1. The molecule has 39 heavy (non-hydrogen) atoms. The van der Waals surface area contributed by atoms with Gasteiger partial charge in [-0.3, -0.25) is 14.5 Å². The Hall–Kier alpha value is -3.06. The van der Waals surface area contributed by atoms with Gasteiger partial charge in [-0.1, -0.05) is 30.7 Å². The summed E-state index contributed by atoms with van der Waals surface area (Å²) in [6, 6.07) is 15.6. The molecule has 7 heteroatoms. The molecule has 1 N–H and O–H groups in total. The van der Waals surface area contributed by atoms with Crippen LogP contribution in [0.1, 0.15) is 67.8 Å². The van der Waals surface area contributed by atoms with Gasteiger partial charge in [0.05, 0.1) is 0 Å². The zero-order valence-electron chi connectivity index (χ0n) is 23.3. The molecule has 2 amide bonds. The highest BCUT2D eigenvalue weighted by molar-refractivity contribution is 5.94. The van der Waals surface area contributed by atoms with E-state index in [2.05, 4.69) is 16.3 Å². The molecule has 7 nitrogen and oxygen atoms in total. The Labute approximate surface area is 232 Å². The second kappa shape index (κ2) is 12.9. The number of para-hydroxylation sites is 1. The van der Waals surface area contributed by atoms with Gasteiger partial charge in [-0.05, 0) is 100 Å². The Bertz CT molecular complexity index is 1120. The number of fused-ring (bicyclic) bond motifs is 1. The molecule has 3 aliphatic rings. The second-order valence-corrected chi connectivity index (χ2v) is 11.5. The van der Waals surface area contributed by atoms with Crippen LogP contribution in [0.15, 0.2) is 48.5 Å². The van der Waals surface area contributed by atoms with Gasteiger partial charge in [-0.2, -0.15) is 0 Å². The number of nitrogens with one attached hydrogen (secondary N) is 1. The van der Waals surface area contributed by atoms with Gasteiger partial charge in [0.2, 0.25) is 0 Å². The third-order valence-corrected chi connectivity index (χ3v) is 8.75. The zero-order valence-corrected chi connectivity index (χ0v) is 23.3. The fourth-order valence-electron chi connectivity index (χ4n) is 6.20. The van der Waals surface area contributed by atoms with Gasteiger partial charge >= 0.3 is 0 Å². The quantitative estimate of drug-likeness (QED) is 0.604. The summed E-state index contributed by atoms with van der Waals surface area (Å²) in [5, 5.41) is 3.18. The number of ether oxygens (including phenoxy) is 2. The summed E-state index contributed by atoms with van der Waals surface area (Å²) in [4.78, 5) is 30.7. The number of amides is 2. The van der Waals surface area contributed by atoms with Crippen molar-refractivity contribution >= 4 is 11.8 Å². The lowest BCUT2D eigenvalue weighted by Crippen LogP contribution is -2.49. The summed E-state index contributed by atoms with van der Waals surface area (Å²) >= 11 is 0. The van der Waals surface area contributed by atoms with Crippen LogP contribution in [0, 0.1) is 5.41 Å². The number of benzene rings is 2. The van der Waals surface area contributed by atoms with Crippen molar-refractivity contribution in [2.45, 2.75) is 64.4 Å². The molecule has 2 fully saturated rings. The van der Waals surface area contributed by atoms with Crippen molar-refractivity contribution in [3.8, 4) is 11.5 Å². The van der Waals surface area contributed by atoms with Crippen molar-refractivity contribution in [1.82, 2.24) is 15.1 Å². The van der Waals surface area contributed by atoms with E-state index in [1.165, 1.54) is 12.8 Å². The van der Waals surface area contributed by atoms with Crippen molar-refractivity contribution in [2.24, 2.45) is 5.41 Å². The van der Waals surface area contributed by atoms with Crippen molar-refractivity contribution in [3.63, 3.8) is 0 Å². The van der Waals surface area contributed by atoms with E-state index in [0.717, 1.165) is 75.2 Å². The minimum absolute atomic E-state index is 0.00536. The summed E-state index contributed by atoms with van der Waals surface area (Å²) in [5.41, 5.74) is 1.85. The summed E-state index contributed by atoms with van der Waals surface area (Å²) < 4.78 is 12.0. The van der Waals surface area contributed by atoms with E-state index in [1.807, 2.05) is 54.3 Å². The van der Waals surface area contributed by atoms with Crippen molar-refractivity contribution in [2.75, 3.05) is 45.9 Å². The minimum atomic E-state index is -0.547. The molecule has 0 radical (unpaired) electrons. The van der Waals surface area contributed by atoms with Crippen LogP contribution >= 0.6 is 0 Å². The molecular formula is C32H43N3O4. The fraction of sp³-hybridized carbons (Fsp3) is 0.562. The molecular weight excluding hydrogens is 490 g/mol. The molecule has 0 aromatic heterocycles. The molecule has 0 saturated carbocycles. The molecule has 2 saturated heterocycles. The van der Waals surface area contributed by atoms with Crippen LogP contribution in [0.4, 0.5) is 0 Å². The van der Waals surface area contributed by atoms with Gasteiger partial charge in [-0.15, -0.1) is 0 Å². The van der Waals surface area contributed by atoms with Crippen LogP contribution in [0.25, 0.3) is 0 Å². The number of hydrogen-bond donors (Lipinski definition) is 1. The van der Waals surface area contributed by atoms with Gasteiger partial charge in [0.1, 0.15) is 18.1 Å². The topological polar surface area (TPSA) is 71.1 Å². The Morgan fingerprint density at radius 2 is 1.79 bits per heavy atom. The number of rotatable bonds is 5. The number of nitrogens with zero attached hydrogens (tertiary/aromatic N) is 2. The smallest absolute Gasteiger partial charge is 0.260 e. The van der Waals surface area contributed by atoms with E-state index in [-0.39, 0.29) is 17.2 Å². The summed E-state index contributed by atoms with van der Waals surface area (Å²) in [6.45, 7) is 7.73. The largest absolute Gasteiger partial charge is 0.492 e. The van der Waals surface area contributed by atoms with Crippen molar-refractivity contribution < 1.29 is 19.1 Å². The summed E-state index contributed by atoms with van der Waals surface area (Å²) in [6.07, 6.45) is 7.93. The average molecular weight is 534 g/mol. The number of carbonyl (C=O) groups excluding carboxylic acids is 2. The molecule has 1 spiro atoms. The van der Waals surface area contributed by atoms with Gasteiger partial charge in [-0.25, -0.2) is 0 Å². The highest BCUT2D eigenvalue weighted by Crippen LogP contribution is 2.37. The molecule has 2 aromatic carbocycles. The number of piperidine rings is 1. The zero-order chi connectivity index (χ0) is 27.1. The van der Waals surface area contributed by atoms with Crippen LogP contribution in [-0.4, -0.2) is 73.6 Å². The van der Waals surface area contributed by atoms with Gasteiger partial charge in [0.25, 0.3) is 11.8 Å². The second-order valence-electron chi connectivity index (χ2n) is 11.5. The van der Waals surface area contributed by atoms with E-state index >= 15 is 0 Å². The average Bonchev–Trinajstić information content (AvgIpc) is 3.48. The third kappa shape index (κ3) is 7.13. The van der Waals surface area contributed by atoms with E-state index in [4.69, 9.17) is 9.47 Å². The first-order valence-electron chi connectivity index (χ1n) is 14.8. The normalized spacial score (nSPS) is 22.2. The third-order valence-electron chi connectivity index (χ3n) is 8.75. The molecule has 0 aliphatic carbocycles. The van der Waals surface area contributed by atoms with Crippen LogP contribution < -0.4 is 14.8 Å². The lowest BCUT2D eigenvalue weighted by atomic mass is 9.74. The molecule has 0 unspecified atom stereocenters. The van der Waals surface area contributed by atoms with Crippen LogP contribution in [0.5, 0.6) is 11.5 Å². The van der Waals surface area contributed by atoms with Crippen LogP contribution in [-0.2, 0) is 11.2 Å². The monoisotopic (exact) mass is 533 g/mol. The van der Waals surface area contributed by atoms with Gasteiger partial charge in [0.15, 0.2) is 6.10 Å². The lowest BCUT2D eigenvalue weighted by Gasteiger charge is -2.42. The maximum absolute atomic E-state index is 13.4. The Morgan fingerprint density at radius 3 is 2.62 bits per heavy atom. The minimum Gasteiger partial charge on any atom is -0.492 e. The molecule has 210 valence electrons. The predicted octanol–water partition coefficient (Wildman–Crippen LogP) is 4.69. The predicted molar refractivity (Wildman–Crippen MR) is 152 cm³/mol. The highest BCUT2D eigenvalue weighted by atomic mass is 16.5. The Kier molecular flexibility index (Phi) is 9.07. The number of aryl methyl sites for hydroxylation is 1. The van der Waals surface area contributed by atoms with E-state index in [9.17, 15) is 9.59 Å². The molecule has 5 rings (SSSR count). The van der Waals surface area contributed by atoms with Crippen LogP contribution in [0.2, 0.25) is 0 Å². The first-order chi connectivity index (χ1) is 19.0. The van der Waals surface area contributed by atoms with Crippen molar-refractivity contribution in [1.29, 1.82) is 0 Å². The highest BCUT2D eigenvalue weighted by Gasteiger charge is 2.36. The molecule has 0 bridgehead atoms. The molecule has 2 aromatic rings. The lowest BCUT2D eigenvalue weighted by molar-refractivity contribution is -0.128. The van der Waals surface area contributed by atoms with E-state index in [0.29, 0.717) is 31.8 Å². The van der Waals surface area contributed by atoms with E-state index in [1.54, 1.807) is 0 Å². The maximum Gasteiger partial charge on any atom is 0.260 e. The van der Waals surface area contributed by atoms with E-state index < -0.39 is 6.10 Å². The summed E-state index contributed by atoms with van der Waals surface area (Å²) in [5.74, 6) is 1.55. The first-order valence-corrected chi connectivity index (χ1v) is 14.8. The number of likely N-dealkylation sites (tertiary alicyclic amines) is 2. The Balaban J connectivity index is 1.17. The maximum atomic E-state index is 13.4. The SMILES string of the molecule is C[C@H]1Oc2ccccc2CCCCC2(CCN(C(=O)c3cccc(OCCN4CCCC4)c3)CC2)CNC1=O. The molecule has 3 heterocycles. The number of hydrogen-bond acceptors (Lipinski definition) is 5. The van der Waals surface area contributed by atoms with Crippen molar-refractivity contribution in [3.05, 3.63) is 59.7 Å². The first kappa shape index (κ1) is 27.5. The fourth-order valence-corrected chi connectivity index (χ4v) is 6.20. The van der Waals surface area contributed by atoms with Crippen LogP contribution in [0.3, 0.4) is 0 Å². The van der Waals surface area contributed by atoms with Gasteiger partial charge in [0, 0.05) is 31.7 Å². The van der Waals surface area contributed by atoms with Gasteiger partial charge < -0.3 is 19.7 Å². The number of carbonyl (C=O) groups is 2. The summed E-state index contributed by atoms with van der Waals surface area (Å²) in [7, 11) is 0.